The number of nitrogens with zero attached hydrogens (tertiary/aromatic N) is 3. The van der Waals surface area contributed by atoms with Crippen LogP contribution < -0.4 is 0 Å². The van der Waals surface area contributed by atoms with Gasteiger partial charge in [-0.1, -0.05) is 47.5 Å². The van der Waals surface area contributed by atoms with E-state index in [0.717, 1.165) is 33.7 Å². The normalized spacial score (nSPS) is 11.6. The summed E-state index contributed by atoms with van der Waals surface area (Å²) < 4.78 is 9.61. The fraction of sp³-hybridized carbons (Fsp3) is 0.100. The van der Waals surface area contributed by atoms with Crippen LogP contribution in [0.2, 0.25) is 0 Å². The third-order valence-electron chi connectivity index (χ3n) is 3.96. The van der Waals surface area contributed by atoms with Gasteiger partial charge in [0, 0.05) is 18.8 Å². The number of rotatable bonds is 2. The molecular weight excluding hydrogens is 282 g/mol. The monoisotopic (exact) mass is 300 g/mol. The lowest BCUT2D eigenvalue weighted by atomic mass is 10.1. The van der Waals surface area contributed by atoms with Crippen LogP contribution in [0, 0.1) is 13.8 Å². The zero-order valence-electron chi connectivity index (χ0n) is 13.9. The standard InChI is InChI=1S/C20H17N3/c1-14-3-7-16(8-4-14)20-22-18-11-12-21-13-19(18)23(20)17-9-5-15(2)6-10-17/h3-13H,1-2H3/i1D. The molecule has 0 bridgehead atoms. The molecule has 2 aromatic carbocycles. The van der Waals surface area contributed by atoms with Gasteiger partial charge >= 0.3 is 0 Å². The number of fused-ring (bicyclic) bond motifs is 1. The van der Waals surface area contributed by atoms with Gasteiger partial charge in [-0.25, -0.2) is 4.98 Å². The molecule has 0 unspecified atom stereocenters. The van der Waals surface area contributed by atoms with Gasteiger partial charge < -0.3 is 0 Å². The van der Waals surface area contributed by atoms with Gasteiger partial charge in [-0.15, -0.1) is 0 Å². The highest BCUT2D eigenvalue weighted by Gasteiger charge is 2.14. The van der Waals surface area contributed by atoms with Gasteiger partial charge in [0.25, 0.3) is 0 Å². The van der Waals surface area contributed by atoms with E-state index in [4.69, 9.17) is 6.35 Å². The molecule has 0 saturated heterocycles. The molecule has 0 amide bonds. The second-order valence-electron chi connectivity index (χ2n) is 5.67. The van der Waals surface area contributed by atoms with E-state index >= 15 is 0 Å². The molecule has 0 aliphatic carbocycles. The molecular formula is C20H17N3. The predicted molar refractivity (Wildman–Crippen MR) is 93.8 cm³/mol. The number of imidazole rings is 1. The second kappa shape index (κ2) is 5.36. The average molecular weight is 300 g/mol. The molecule has 0 fully saturated rings. The van der Waals surface area contributed by atoms with Crippen LogP contribution in [0.3, 0.4) is 0 Å². The maximum Gasteiger partial charge on any atom is 0.145 e. The zero-order chi connectivity index (χ0) is 16.5. The highest BCUT2D eigenvalue weighted by Crippen LogP contribution is 2.28. The van der Waals surface area contributed by atoms with E-state index in [0.29, 0.717) is 6.90 Å². The SMILES string of the molecule is [2H]Cc1ccc(-c2nc3ccncc3n2-c2ccc(C)cc2)cc1. The molecule has 23 heavy (non-hydrogen) atoms. The van der Waals surface area contributed by atoms with Gasteiger partial charge in [0.05, 0.1) is 17.2 Å². The Bertz CT molecular complexity index is 986. The molecule has 0 aliphatic rings. The van der Waals surface area contributed by atoms with Gasteiger partial charge in [0.1, 0.15) is 5.82 Å². The minimum Gasteiger partial charge on any atom is -0.291 e. The zero-order valence-corrected chi connectivity index (χ0v) is 12.9. The number of pyridine rings is 1. The van der Waals surface area contributed by atoms with Crippen LogP contribution in [-0.4, -0.2) is 14.5 Å². The average Bonchev–Trinajstić information content (AvgIpc) is 3.02. The van der Waals surface area contributed by atoms with Gasteiger partial charge in [0.15, 0.2) is 0 Å². The summed E-state index contributed by atoms with van der Waals surface area (Å²) in [5, 5.41) is 0. The predicted octanol–water partition coefficient (Wildman–Crippen LogP) is 4.70. The van der Waals surface area contributed by atoms with Crippen molar-refractivity contribution in [2.45, 2.75) is 13.8 Å². The minimum atomic E-state index is 0.290. The van der Waals surface area contributed by atoms with Crippen LogP contribution in [0.25, 0.3) is 28.1 Å². The Morgan fingerprint density at radius 2 is 1.65 bits per heavy atom. The van der Waals surface area contributed by atoms with Gasteiger partial charge in [0.2, 0.25) is 0 Å². The molecule has 0 N–H and O–H groups in total. The fourth-order valence-corrected chi connectivity index (χ4v) is 2.73. The van der Waals surface area contributed by atoms with E-state index in [9.17, 15) is 0 Å². The van der Waals surface area contributed by atoms with Crippen molar-refractivity contribution in [3.63, 3.8) is 0 Å². The summed E-state index contributed by atoms with van der Waals surface area (Å²) in [7, 11) is 0. The molecule has 4 rings (SSSR count). The summed E-state index contributed by atoms with van der Waals surface area (Å²) in [6.07, 6.45) is 3.62. The Hall–Kier alpha value is -2.94. The molecule has 3 nitrogen and oxygen atoms in total. The summed E-state index contributed by atoms with van der Waals surface area (Å²) in [6, 6.07) is 18.4. The van der Waals surface area contributed by atoms with Crippen LogP contribution in [0.1, 0.15) is 12.5 Å². The van der Waals surface area contributed by atoms with Gasteiger partial charge in [-0.2, -0.15) is 0 Å². The number of aryl methyl sites for hydroxylation is 2. The number of hydrogen-bond donors (Lipinski definition) is 0. The van der Waals surface area contributed by atoms with E-state index in [2.05, 4.69) is 40.7 Å². The number of aromatic nitrogens is 3. The third-order valence-corrected chi connectivity index (χ3v) is 3.96. The summed E-state index contributed by atoms with van der Waals surface area (Å²) in [6.45, 7) is 2.37. The second-order valence-corrected chi connectivity index (χ2v) is 5.67. The van der Waals surface area contributed by atoms with Crippen LogP contribution >= 0.6 is 0 Å². The first-order valence-corrected chi connectivity index (χ1v) is 7.54. The van der Waals surface area contributed by atoms with Crippen molar-refractivity contribution in [2.75, 3.05) is 0 Å². The lowest BCUT2D eigenvalue weighted by Gasteiger charge is -2.10. The maximum atomic E-state index is 7.47. The Morgan fingerprint density at radius 1 is 0.913 bits per heavy atom. The van der Waals surface area contributed by atoms with E-state index in [1.807, 2.05) is 36.5 Å². The Kier molecular flexibility index (Phi) is 2.93. The van der Waals surface area contributed by atoms with Crippen molar-refractivity contribution in [3.8, 4) is 17.1 Å². The summed E-state index contributed by atoms with van der Waals surface area (Å²) in [5.41, 5.74) is 6.23. The first-order chi connectivity index (χ1) is 11.8. The molecule has 3 heteroatoms. The lowest BCUT2D eigenvalue weighted by molar-refractivity contribution is 1.09. The highest BCUT2D eigenvalue weighted by atomic mass is 15.1. The van der Waals surface area contributed by atoms with E-state index in [1.165, 1.54) is 5.56 Å². The third kappa shape index (κ3) is 2.40. The molecule has 2 heterocycles. The van der Waals surface area contributed by atoms with Crippen LogP contribution in [-0.2, 0) is 0 Å². The van der Waals surface area contributed by atoms with E-state index < -0.39 is 0 Å². The maximum absolute atomic E-state index is 7.47. The van der Waals surface area contributed by atoms with Crippen molar-refractivity contribution in [3.05, 3.63) is 78.1 Å². The first-order valence-electron chi connectivity index (χ1n) is 8.25. The van der Waals surface area contributed by atoms with Crippen molar-refractivity contribution < 1.29 is 1.37 Å². The van der Waals surface area contributed by atoms with Crippen molar-refractivity contribution >= 4 is 11.0 Å². The molecule has 112 valence electrons. The molecule has 0 radical (unpaired) electrons. The molecule has 0 atom stereocenters. The van der Waals surface area contributed by atoms with Crippen molar-refractivity contribution in [1.82, 2.24) is 14.5 Å². The Balaban J connectivity index is 1.97. The highest BCUT2D eigenvalue weighted by molar-refractivity contribution is 5.82. The van der Waals surface area contributed by atoms with Gasteiger partial charge in [-0.3, -0.25) is 9.55 Å². The summed E-state index contributed by atoms with van der Waals surface area (Å²) in [4.78, 5) is 9.08. The van der Waals surface area contributed by atoms with Crippen LogP contribution in [0.15, 0.2) is 67.0 Å². The minimum absolute atomic E-state index is 0.290. The summed E-state index contributed by atoms with van der Waals surface area (Å²) >= 11 is 0. The van der Waals surface area contributed by atoms with Crippen molar-refractivity contribution in [1.29, 1.82) is 0 Å². The van der Waals surface area contributed by atoms with Crippen LogP contribution in [0.4, 0.5) is 0 Å². The Morgan fingerprint density at radius 3 is 2.39 bits per heavy atom. The molecule has 0 spiro atoms. The smallest absolute Gasteiger partial charge is 0.145 e. The fourth-order valence-electron chi connectivity index (χ4n) is 2.73. The van der Waals surface area contributed by atoms with E-state index in [1.54, 1.807) is 6.20 Å². The molecule has 0 aliphatic heterocycles. The topological polar surface area (TPSA) is 30.7 Å². The molecule has 4 aromatic rings. The van der Waals surface area contributed by atoms with Crippen molar-refractivity contribution in [2.24, 2.45) is 0 Å². The largest absolute Gasteiger partial charge is 0.291 e. The quantitative estimate of drug-likeness (QED) is 0.537. The molecule has 2 aromatic heterocycles. The van der Waals surface area contributed by atoms with Crippen LogP contribution in [0.5, 0.6) is 0 Å². The first kappa shape index (κ1) is 12.6. The number of benzene rings is 2. The molecule has 0 saturated carbocycles. The summed E-state index contributed by atoms with van der Waals surface area (Å²) in [5.74, 6) is 0.887. The van der Waals surface area contributed by atoms with E-state index in [-0.39, 0.29) is 0 Å². The number of hydrogen-bond acceptors (Lipinski definition) is 2. The van der Waals surface area contributed by atoms with Gasteiger partial charge in [-0.05, 0) is 32.0 Å². The Labute approximate surface area is 136 Å². The lowest BCUT2D eigenvalue weighted by Crippen LogP contribution is -1.97.